The Balaban J connectivity index is 1.43. The van der Waals surface area contributed by atoms with Crippen LogP contribution in [0.3, 0.4) is 0 Å². The number of halogens is 3. The van der Waals surface area contributed by atoms with E-state index in [0.29, 0.717) is 34.5 Å². The third-order valence-corrected chi connectivity index (χ3v) is 5.71. The standard InChI is InChI=1S/C24H20Cl2FN3O3/c1-14-23(15(2)30(29-14)12-16-5-3-4-6-19(16)25)28-24(31)22-10-8-18(33-22)13-32-21-9-7-17(27)11-20(21)26/h3-11H,12-13H2,1-2H3,(H,28,31). The Morgan fingerprint density at radius 3 is 2.67 bits per heavy atom. The summed E-state index contributed by atoms with van der Waals surface area (Å²) in [5.41, 5.74) is 3.01. The Morgan fingerprint density at radius 1 is 1.12 bits per heavy atom. The van der Waals surface area contributed by atoms with Crippen molar-refractivity contribution >= 4 is 34.8 Å². The fourth-order valence-electron chi connectivity index (χ4n) is 3.31. The van der Waals surface area contributed by atoms with Gasteiger partial charge >= 0.3 is 0 Å². The second-order valence-corrected chi connectivity index (χ2v) is 8.19. The van der Waals surface area contributed by atoms with E-state index in [0.717, 1.165) is 17.3 Å². The molecular weight excluding hydrogens is 468 g/mol. The zero-order valence-electron chi connectivity index (χ0n) is 17.9. The average molecular weight is 488 g/mol. The number of hydrogen-bond donors (Lipinski definition) is 1. The molecule has 0 aliphatic rings. The van der Waals surface area contributed by atoms with E-state index in [2.05, 4.69) is 10.4 Å². The Bertz CT molecular complexity index is 1320. The normalized spacial score (nSPS) is 10.9. The van der Waals surface area contributed by atoms with Crippen LogP contribution in [-0.2, 0) is 13.2 Å². The Labute approximate surface area is 199 Å². The number of amides is 1. The molecule has 2 aromatic heterocycles. The molecule has 0 aliphatic heterocycles. The van der Waals surface area contributed by atoms with Gasteiger partial charge in [-0.15, -0.1) is 0 Å². The molecule has 0 saturated carbocycles. The molecule has 0 fully saturated rings. The number of anilines is 1. The number of furan rings is 1. The van der Waals surface area contributed by atoms with Crippen molar-refractivity contribution in [3.8, 4) is 5.75 Å². The van der Waals surface area contributed by atoms with E-state index in [9.17, 15) is 9.18 Å². The van der Waals surface area contributed by atoms with Crippen LogP contribution in [0.5, 0.6) is 5.75 Å². The molecular formula is C24H20Cl2FN3O3. The lowest BCUT2D eigenvalue weighted by atomic mass is 10.2. The topological polar surface area (TPSA) is 69.3 Å². The molecule has 170 valence electrons. The first-order valence-corrected chi connectivity index (χ1v) is 10.8. The predicted molar refractivity (Wildman–Crippen MR) is 125 cm³/mol. The van der Waals surface area contributed by atoms with Gasteiger partial charge in [-0.25, -0.2) is 4.39 Å². The van der Waals surface area contributed by atoms with Gasteiger partial charge in [0.05, 0.1) is 28.6 Å². The van der Waals surface area contributed by atoms with Crippen LogP contribution in [0, 0.1) is 19.7 Å². The van der Waals surface area contributed by atoms with Gasteiger partial charge in [0.2, 0.25) is 0 Å². The van der Waals surface area contributed by atoms with Crippen molar-refractivity contribution in [3.05, 3.63) is 98.9 Å². The largest absolute Gasteiger partial charge is 0.484 e. The van der Waals surface area contributed by atoms with Crippen molar-refractivity contribution in [3.63, 3.8) is 0 Å². The van der Waals surface area contributed by atoms with Gasteiger partial charge in [-0.05, 0) is 55.8 Å². The number of nitrogens with zero attached hydrogens (tertiary/aromatic N) is 2. The van der Waals surface area contributed by atoms with Crippen LogP contribution in [0.4, 0.5) is 10.1 Å². The van der Waals surface area contributed by atoms with Crippen LogP contribution in [-0.4, -0.2) is 15.7 Å². The quantitative estimate of drug-likeness (QED) is 0.326. The van der Waals surface area contributed by atoms with Gasteiger partial charge in [0.1, 0.15) is 23.9 Å². The summed E-state index contributed by atoms with van der Waals surface area (Å²) in [7, 11) is 0. The first-order valence-electron chi connectivity index (χ1n) is 10.1. The second-order valence-electron chi connectivity index (χ2n) is 7.38. The van der Waals surface area contributed by atoms with Gasteiger partial charge in [-0.2, -0.15) is 5.10 Å². The van der Waals surface area contributed by atoms with E-state index in [1.54, 1.807) is 16.8 Å². The van der Waals surface area contributed by atoms with E-state index in [4.69, 9.17) is 32.4 Å². The average Bonchev–Trinajstić information content (AvgIpc) is 3.35. The monoisotopic (exact) mass is 487 g/mol. The number of aromatic nitrogens is 2. The van der Waals surface area contributed by atoms with E-state index < -0.39 is 11.7 Å². The highest BCUT2D eigenvalue weighted by molar-refractivity contribution is 6.32. The van der Waals surface area contributed by atoms with E-state index in [1.165, 1.54) is 12.1 Å². The molecule has 1 N–H and O–H groups in total. The number of hydrogen-bond acceptors (Lipinski definition) is 4. The lowest BCUT2D eigenvalue weighted by Gasteiger charge is -2.08. The first kappa shape index (κ1) is 22.9. The van der Waals surface area contributed by atoms with Crippen LogP contribution >= 0.6 is 23.2 Å². The maximum Gasteiger partial charge on any atom is 0.291 e. The number of ether oxygens (including phenoxy) is 1. The molecule has 2 aromatic carbocycles. The SMILES string of the molecule is Cc1nn(Cc2ccccc2Cl)c(C)c1NC(=O)c1ccc(COc2ccc(F)cc2Cl)o1. The maximum atomic E-state index is 13.2. The van der Waals surface area contributed by atoms with Gasteiger partial charge in [0, 0.05) is 5.02 Å². The molecule has 0 unspecified atom stereocenters. The molecule has 0 aliphatic carbocycles. The fraction of sp³-hybridized carbons (Fsp3) is 0.167. The number of aryl methyl sites for hydroxylation is 1. The minimum Gasteiger partial charge on any atom is -0.484 e. The molecule has 0 radical (unpaired) electrons. The number of rotatable bonds is 7. The fourth-order valence-corrected chi connectivity index (χ4v) is 3.73. The minimum absolute atomic E-state index is 0.0342. The molecule has 6 nitrogen and oxygen atoms in total. The first-order chi connectivity index (χ1) is 15.8. The van der Waals surface area contributed by atoms with Crippen molar-refractivity contribution in [2.45, 2.75) is 27.0 Å². The number of benzene rings is 2. The third kappa shape index (κ3) is 5.21. The van der Waals surface area contributed by atoms with E-state index in [-0.39, 0.29) is 17.4 Å². The van der Waals surface area contributed by atoms with E-state index >= 15 is 0 Å². The smallest absolute Gasteiger partial charge is 0.291 e. The lowest BCUT2D eigenvalue weighted by molar-refractivity contribution is 0.0992. The minimum atomic E-state index is -0.454. The van der Waals surface area contributed by atoms with Crippen molar-refractivity contribution in [2.24, 2.45) is 0 Å². The molecule has 0 atom stereocenters. The Hall–Kier alpha value is -3.29. The van der Waals surface area contributed by atoms with Crippen LogP contribution in [0.2, 0.25) is 10.0 Å². The van der Waals surface area contributed by atoms with Crippen LogP contribution < -0.4 is 10.1 Å². The molecule has 1 amide bonds. The van der Waals surface area contributed by atoms with Crippen molar-refractivity contribution < 1.29 is 18.3 Å². The Kier molecular flexibility index (Phi) is 6.72. The zero-order chi connectivity index (χ0) is 23.5. The number of carbonyl (C=O) groups is 1. The van der Waals surface area contributed by atoms with E-state index in [1.807, 2.05) is 38.1 Å². The van der Waals surface area contributed by atoms with Gasteiger partial charge in [-0.3, -0.25) is 9.48 Å². The van der Waals surface area contributed by atoms with Gasteiger partial charge in [0.25, 0.3) is 5.91 Å². The highest BCUT2D eigenvalue weighted by Gasteiger charge is 2.18. The highest BCUT2D eigenvalue weighted by Crippen LogP contribution is 2.27. The lowest BCUT2D eigenvalue weighted by Crippen LogP contribution is -2.12. The Morgan fingerprint density at radius 2 is 1.91 bits per heavy atom. The summed E-state index contributed by atoms with van der Waals surface area (Å²) in [4.78, 5) is 12.8. The maximum absolute atomic E-state index is 13.2. The van der Waals surface area contributed by atoms with Crippen LogP contribution in [0.1, 0.15) is 33.3 Å². The predicted octanol–water partition coefficient (Wildman–Crippen LogP) is 6.42. The summed E-state index contributed by atoms with van der Waals surface area (Å²) in [5, 5.41) is 8.20. The molecule has 0 bridgehead atoms. The van der Waals surface area contributed by atoms with Crippen LogP contribution in [0.25, 0.3) is 0 Å². The molecule has 0 saturated heterocycles. The summed E-state index contributed by atoms with van der Waals surface area (Å²) >= 11 is 12.2. The van der Waals surface area contributed by atoms with Gasteiger partial charge in [0.15, 0.2) is 5.76 Å². The molecule has 2 heterocycles. The summed E-state index contributed by atoms with van der Waals surface area (Å²) in [6.45, 7) is 4.21. The van der Waals surface area contributed by atoms with Crippen molar-refractivity contribution in [1.29, 1.82) is 0 Å². The zero-order valence-corrected chi connectivity index (χ0v) is 19.4. The highest BCUT2D eigenvalue weighted by atomic mass is 35.5. The summed E-state index contributed by atoms with van der Waals surface area (Å²) < 4.78 is 26.1. The summed E-state index contributed by atoms with van der Waals surface area (Å²) in [6.07, 6.45) is 0. The molecule has 4 aromatic rings. The van der Waals surface area contributed by atoms with Crippen molar-refractivity contribution in [1.82, 2.24) is 9.78 Å². The number of nitrogens with one attached hydrogen (secondary N) is 1. The number of carbonyl (C=O) groups excluding carboxylic acids is 1. The summed E-state index contributed by atoms with van der Waals surface area (Å²) in [5.74, 6) is -0.00727. The summed E-state index contributed by atoms with van der Waals surface area (Å²) in [6, 6.07) is 14.6. The van der Waals surface area contributed by atoms with Gasteiger partial charge < -0.3 is 14.5 Å². The van der Waals surface area contributed by atoms with Crippen molar-refractivity contribution in [2.75, 3.05) is 5.32 Å². The molecule has 0 spiro atoms. The third-order valence-electron chi connectivity index (χ3n) is 5.05. The second kappa shape index (κ2) is 9.68. The van der Waals surface area contributed by atoms with Crippen LogP contribution in [0.15, 0.2) is 59.0 Å². The van der Waals surface area contributed by atoms with Gasteiger partial charge in [-0.1, -0.05) is 41.4 Å². The molecule has 4 rings (SSSR count). The molecule has 33 heavy (non-hydrogen) atoms. The molecule has 9 heteroatoms.